The fourth-order valence-corrected chi connectivity index (χ4v) is 1.94. The summed E-state index contributed by atoms with van der Waals surface area (Å²) in [5.41, 5.74) is 0. The SMILES string of the molecule is CC.COOP(=O)(OC)OCCOCCOCCOCCNC(C)=O. The predicted molar refractivity (Wildman–Crippen MR) is 91.2 cm³/mol. The highest BCUT2D eigenvalue weighted by molar-refractivity contribution is 7.48. The van der Waals surface area contributed by atoms with Gasteiger partial charge in [-0.1, -0.05) is 13.8 Å². The Kier molecular flexibility index (Phi) is 21.0. The Morgan fingerprint density at radius 3 is 1.80 bits per heavy atom. The molecular weight excluding hydrogens is 357 g/mol. The Labute approximate surface area is 149 Å². The van der Waals surface area contributed by atoms with Crippen LogP contribution in [0.1, 0.15) is 20.8 Å². The first-order chi connectivity index (χ1) is 12.0. The molecule has 0 rings (SSSR count). The standard InChI is InChI=1S/C12H26NO9P.C2H6/c1-12(14)13-4-5-18-6-7-19-8-9-20-10-11-21-23(15,17-3)22-16-2;1-2/h4-11H2,1-3H3,(H,13,14);1-2H3. The molecule has 0 aliphatic heterocycles. The molecular formula is C14H32NO9P. The van der Waals surface area contributed by atoms with E-state index in [9.17, 15) is 9.36 Å². The van der Waals surface area contributed by atoms with E-state index < -0.39 is 7.82 Å². The van der Waals surface area contributed by atoms with Gasteiger partial charge in [0, 0.05) is 20.6 Å². The van der Waals surface area contributed by atoms with E-state index in [4.69, 9.17) is 18.7 Å². The van der Waals surface area contributed by atoms with E-state index >= 15 is 0 Å². The maximum atomic E-state index is 11.6. The zero-order valence-corrected chi connectivity index (χ0v) is 16.7. The molecule has 0 aliphatic carbocycles. The number of nitrogens with one attached hydrogen (secondary N) is 1. The summed E-state index contributed by atoms with van der Waals surface area (Å²) in [5, 5.41) is 2.62. The Bertz CT molecular complexity index is 344. The highest BCUT2D eigenvalue weighted by Crippen LogP contribution is 2.48. The summed E-state index contributed by atoms with van der Waals surface area (Å²) >= 11 is 0. The van der Waals surface area contributed by atoms with Gasteiger partial charge in [0.25, 0.3) is 0 Å². The molecule has 25 heavy (non-hydrogen) atoms. The lowest BCUT2D eigenvalue weighted by atomic mass is 10.6. The van der Waals surface area contributed by atoms with Gasteiger partial charge < -0.3 is 19.5 Å². The largest absolute Gasteiger partial charge is 0.501 e. The second-order valence-corrected chi connectivity index (χ2v) is 5.69. The zero-order chi connectivity index (χ0) is 19.4. The van der Waals surface area contributed by atoms with Crippen LogP contribution in [0.25, 0.3) is 0 Å². The molecule has 0 saturated heterocycles. The normalized spacial score (nSPS) is 12.8. The van der Waals surface area contributed by atoms with Crippen LogP contribution in [0.3, 0.4) is 0 Å². The van der Waals surface area contributed by atoms with Gasteiger partial charge in [0.1, 0.15) is 0 Å². The molecule has 0 fully saturated rings. The molecule has 0 aromatic carbocycles. The predicted octanol–water partition coefficient (Wildman–Crippen LogP) is 1.55. The number of carbonyl (C=O) groups is 1. The summed E-state index contributed by atoms with van der Waals surface area (Å²) in [4.78, 5) is 14.8. The van der Waals surface area contributed by atoms with Gasteiger partial charge in [-0.15, -0.1) is 4.67 Å². The molecule has 152 valence electrons. The third kappa shape index (κ3) is 19.6. The number of ether oxygens (including phenoxy) is 3. The molecule has 0 aromatic heterocycles. The number of amides is 1. The van der Waals surface area contributed by atoms with Crippen molar-refractivity contribution >= 4 is 13.7 Å². The van der Waals surface area contributed by atoms with Crippen molar-refractivity contribution in [3.8, 4) is 0 Å². The van der Waals surface area contributed by atoms with Gasteiger partial charge in [-0.3, -0.25) is 13.8 Å². The van der Waals surface area contributed by atoms with Gasteiger partial charge in [0.2, 0.25) is 5.91 Å². The topological polar surface area (TPSA) is 111 Å². The molecule has 10 nitrogen and oxygen atoms in total. The van der Waals surface area contributed by atoms with Crippen molar-refractivity contribution in [2.24, 2.45) is 0 Å². The molecule has 1 amide bonds. The minimum Gasteiger partial charge on any atom is -0.377 e. The molecule has 0 aliphatic rings. The van der Waals surface area contributed by atoms with Gasteiger partial charge in [-0.05, 0) is 0 Å². The van der Waals surface area contributed by atoms with Crippen molar-refractivity contribution in [1.29, 1.82) is 0 Å². The molecule has 0 heterocycles. The second-order valence-electron chi connectivity index (χ2n) is 4.02. The first kappa shape index (κ1) is 26.6. The summed E-state index contributed by atoms with van der Waals surface area (Å²) in [6, 6.07) is 0. The van der Waals surface area contributed by atoms with Gasteiger partial charge in [-0.2, -0.15) is 0 Å². The van der Waals surface area contributed by atoms with E-state index in [0.29, 0.717) is 39.6 Å². The van der Waals surface area contributed by atoms with Crippen LogP contribution in [-0.4, -0.2) is 72.9 Å². The van der Waals surface area contributed by atoms with Crippen molar-refractivity contribution < 1.29 is 42.2 Å². The maximum Gasteiger partial charge on any atom is 0.501 e. The highest BCUT2D eigenvalue weighted by atomic mass is 31.2. The third-order valence-electron chi connectivity index (χ3n) is 2.23. The molecule has 1 N–H and O–H groups in total. The van der Waals surface area contributed by atoms with Crippen LogP contribution >= 0.6 is 7.82 Å². The van der Waals surface area contributed by atoms with Crippen LogP contribution in [0.15, 0.2) is 0 Å². The Hall–Kier alpha value is -0.580. The fourth-order valence-electron chi connectivity index (χ4n) is 1.25. The summed E-state index contributed by atoms with van der Waals surface area (Å²) < 4.78 is 41.1. The van der Waals surface area contributed by atoms with Crippen molar-refractivity contribution in [2.45, 2.75) is 20.8 Å². The number of phosphoric acid groups is 1. The average molecular weight is 389 g/mol. The van der Waals surface area contributed by atoms with Crippen molar-refractivity contribution in [1.82, 2.24) is 5.32 Å². The molecule has 0 aromatic rings. The molecule has 1 unspecified atom stereocenters. The average Bonchev–Trinajstić information content (AvgIpc) is 2.60. The molecule has 0 bridgehead atoms. The van der Waals surface area contributed by atoms with E-state index in [1.54, 1.807) is 0 Å². The summed E-state index contributed by atoms with van der Waals surface area (Å²) in [6.07, 6.45) is 0. The number of phosphoric ester groups is 1. The lowest BCUT2D eigenvalue weighted by Gasteiger charge is -2.13. The van der Waals surface area contributed by atoms with Gasteiger partial charge in [0.05, 0.1) is 53.4 Å². The minimum atomic E-state index is -3.66. The number of carbonyl (C=O) groups excluding carboxylic acids is 1. The van der Waals surface area contributed by atoms with Crippen LogP contribution in [0.2, 0.25) is 0 Å². The third-order valence-corrected chi connectivity index (χ3v) is 3.51. The van der Waals surface area contributed by atoms with Crippen LogP contribution in [-0.2, 0) is 42.2 Å². The zero-order valence-electron chi connectivity index (χ0n) is 15.8. The van der Waals surface area contributed by atoms with Crippen LogP contribution < -0.4 is 5.32 Å². The van der Waals surface area contributed by atoms with Crippen molar-refractivity contribution in [2.75, 3.05) is 67.0 Å². The summed E-state index contributed by atoms with van der Waals surface area (Å²) in [5.74, 6) is -0.0818. The Morgan fingerprint density at radius 2 is 1.36 bits per heavy atom. The number of hydrogen-bond acceptors (Lipinski definition) is 9. The maximum absolute atomic E-state index is 11.6. The van der Waals surface area contributed by atoms with Crippen LogP contribution in [0.5, 0.6) is 0 Å². The summed E-state index contributed by atoms with van der Waals surface area (Å²) in [6.45, 7) is 8.23. The Morgan fingerprint density at radius 1 is 0.880 bits per heavy atom. The van der Waals surface area contributed by atoms with E-state index in [2.05, 4.69) is 19.4 Å². The van der Waals surface area contributed by atoms with Crippen molar-refractivity contribution in [3.05, 3.63) is 0 Å². The Balaban J connectivity index is 0. The monoisotopic (exact) mass is 389 g/mol. The summed E-state index contributed by atoms with van der Waals surface area (Å²) in [7, 11) is -1.27. The quantitative estimate of drug-likeness (QED) is 0.182. The highest BCUT2D eigenvalue weighted by Gasteiger charge is 2.25. The van der Waals surface area contributed by atoms with Crippen molar-refractivity contribution in [3.63, 3.8) is 0 Å². The number of hydrogen-bond donors (Lipinski definition) is 1. The van der Waals surface area contributed by atoms with Gasteiger partial charge in [0.15, 0.2) is 0 Å². The van der Waals surface area contributed by atoms with Crippen LogP contribution in [0, 0.1) is 0 Å². The number of rotatable bonds is 16. The lowest BCUT2D eigenvalue weighted by Crippen LogP contribution is -2.25. The minimum absolute atomic E-state index is 0.0285. The molecule has 1 atom stereocenters. The van der Waals surface area contributed by atoms with E-state index in [-0.39, 0.29) is 19.1 Å². The van der Waals surface area contributed by atoms with E-state index in [1.165, 1.54) is 21.1 Å². The fraction of sp³-hybridized carbons (Fsp3) is 0.929. The first-order valence-corrected chi connectivity index (χ1v) is 9.50. The molecule has 0 spiro atoms. The van der Waals surface area contributed by atoms with E-state index in [0.717, 1.165) is 0 Å². The van der Waals surface area contributed by atoms with E-state index in [1.807, 2.05) is 13.8 Å². The van der Waals surface area contributed by atoms with Gasteiger partial charge in [-0.25, -0.2) is 9.45 Å². The smallest absolute Gasteiger partial charge is 0.377 e. The second kappa shape index (κ2) is 19.7. The first-order valence-electron chi connectivity index (χ1n) is 8.04. The molecule has 0 saturated carbocycles. The molecule has 0 radical (unpaired) electrons. The lowest BCUT2D eigenvalue weighted by molar-refractivity contribution is -0.200. The van der Waals surface area contributed by atoms with Crippen LogP contribution in [0.4, 0.5) is 0 Å². The molecule has 11 heteroatoms. The van der Waals surface area contributed by atoms with Gasteiger partial charge >= 0.3 is 7.82 Å².